The Hall–Kier alpha value is -4.79. The van der Waals surface area contributed by atoms with Crippen LogP contribution in [0.1, 0.15) is 74.1 Å². The molecule has 5 aliphatic heterocycles. The Bertz CT molecular complexity index is 2140. The number of aliphatic imine (C=N–C) groups is 4. The molecule has 17 heteroatoms. The molecule has 0 aromatic rings. The molecule has 5 rings (SSSR count). The summed E-state index contributed by atoms with van der Waals surface area (Å²) in [6.45, 7) is 12.7. The number of aliphatic carboxylic acids is 1. The van der Waals surface area contributed by atoms with Crippen LogP contribution in [0.2, 0.25) is 0 Å². The maximum Gasteiger partial charge on any atom is 2.00 e. The summed E-state index contributed by atoms with van der Waals surface area (Å²) >= 11 is 0. The third-order valence-corrected chi connectivity index (χ3v) is 11.4. The van der Waals surface area contributed by atoms with Crippen molar-refractivity contribution in [2.45, 2.75) is 80.3 Å². The Balaban J connectivity index is 0.00000196. The minimum atomic E-state index is -1.24. The van der Waals surface area contributed by atoms with E-state index in [0.29, 0.717) is 62.7 Å². The molecule has 5 heterocycles. The van der Waals surface area contributed by atoms with Gasteiger partial charge in [0.2, 0.25) is 5.91 Å². The number of carboxylic acids is 1. The van der Waals surface area contributed by atoms with Gasteiger partial charge in [0, 0.05) is 64.3 Å². The van der Waals surface area contributed by atoms with Gasteiger partial charge in [0.05, 0.1) is 95.5 Å². The molecule has 1 fully saturated rings. The Morgan fingerprint density at radius 2 is 1.61 bits per heavy atom. The summed E-state index contributed by atoms with van der Waals surface area (Å²) in [7, 11) is 7.46. The van der Waals surface area contributed by atoms with E-state index in [0.717, 1.165) is 36.9 Å². The molecule has 340 valence electrons. The molecule has 0 aliphatic carbocycles. The van der Waals surface area contributed by atoms with E-state index in [-0.39, 0.29) is 80.5 Å². The molecule has 0 aromatic carbocycles. The summed E-state index contributed by atoms with van der Waals surface area (Å²) in [6, 6.07) is 0. The van der Waals surface area contributed by atoms with E-state index in [1.165, 1.54) is 14.0 Å². The van der Waals surface area contributed by atoms with Crippen molar-refractivity contribution in [2.75, 3.05) is 54.5 Å². The van der Waals surface area contributed by atoms with Crippen molar-refractivity contribution in [3.05, 3.63) is 80.3 Å². The summed E-state index contributed by atoms with van der Waals surface area (Å²) in [5, 5.41) is 62.3. The maximum absolute atomic E-state index is 14.1. The largest absolute Gasteiger partial charge is 2.00 e. The van der Waals surface area contributed by atoms with Gasteiger partial charge in [-0.1, -0.05) is 27.7 Å². The fraction of sp³-hybridized carbons (Fsp3) is 0.533. The summed E-state index contributed by atoms with van der Waals surface area (Å²) in [5.74, 6) is -3.12. The van der Waals surface area contributed by atoms with Crippen LogP contribution in [0.5, 0.6) is 0 Å². The molecule has 5 aliphatic rings. The summed E-state index contributed by atoms with van der Waals surface area (Å²) in [6.07, 6.45) is 5.54. The number of esters is 1. The monoisotopic (exact) mass is 949 g/mol. The van der Waals surface area contributed by atoms with E-state index in [1.807, 2.05) is 32.1 Å². The Morgan fingerprint density at radius 3 is 2.19 bits per heavy atom. The number of carbonyl (C=O) groups is 3. The van der Waals surface area contributed by atoms with Gasteiger partial charge in [-0.2, -0.15) is 0 Å². The van der Waals surface area contributed by atoms with Crippen molar-refractivity contribution >= 4 is 40.9 Å². The quantitative estimate of drug-likeness (QED) is 0.0511. The van der Waals surface area contributed by atoms with Crippen molar-refractivity contribution in [3.8, 4) is 0 Å². The van der Waals surface area contributed by atoms with E-state index >= 15 is 0 Å². The number of nitrogens with zero attached hydrogens (tertiary/aromatic N) is 5. The number of hydrogen-bond acceptors (Lipinski definition) is 14. The first-order chi connectivity index (χ1) is 28.6. The van der Waals surface area contributed by atoms with Crippen LogP contribution < -0.4 is 26.0 Å². The molecule has 0 spiro atoms. The topological polar surface area (TPSA) is 244 Å². The van der Waals surface area contributed by atoms with Crippen molar-refractivity contribution < 1.29 is 69.6 Å². The molecule has 4 N–H and O–H groups in total. The van der Waals surface area contributed by atoms with E-state index in [4.69, 9.17) is 29.6 Å². The van der Waals surface area contributed by atoms with Crippen molar-refractivity contribution in [1.82, 2.24) is 10.6 Å². The number of nitrogens with one attached hydrogen (secondary N) is 2. The molecule has 1 unspecified atom stereocenters. The molecular formula is C45H61N7O9Pd. The zero-order valence-electron chi connectivity index (χ0n) is 37.6. The van der Waals surface area contributed by atoms with Gasteiger partial charge in [-0.15, -0.1) is 5.76 Å². The van der Waals surface area contributed by atoms with Crippen LogP contribution in [-0.2, 0) is 39.5 Å². The molecule has 1 amide bonds. The third kappa shape index (κ3) is 12.4. The molecule has 0 radical (unpaired) electrons. The van der Waals surface area contributed by atoms with Gasteiger partial charge in [-0.05, 0) is 74.5 Å². The molecule has 5 atom stereocenters. The second-order valence-corrected chi connectivity index (χ2v) is 17.0. The average molecular weight is 950 g/mol. The maximum atomic E-state index is 14.1. The molecular weight excluding hydrogens is 889 g/mol. The van der Waals surface area contributed by atoms with Gasteiger partial charge >= 0.3 is 26.4 Å². The normalized spacial score (nSPS) is 23.5. The molecule has 0 aromatic heterocycles. The number of fused-ring (bicyclic) bond motifs is 5. The van der Waals surface area contributed by atoms with Gasteiger partial charge in [-0.3, -0.25) is 19.6 Å². The fourth-order valence-electron chi connectivity index (χ4n) is 7.99. The van der Waals surface area contributed by atoms with Crippen LogP contribution >= 0.6 is 0 Å². The minimum Gasteiger partial charge on any atom is -0.875 e. The van der Waals surface area contributed by atoms with Gasteiger partial charge < -0.3 is 50.2 Å². The van der Waals surface area contributed by atoms with Crippen LogP contribution in [0.25, 0.3) is 0 Å². The third-order valence-electron chi connectivity index (χ3n) is 11.4. The number of ether oxygens (including phenoxy) is 1. The van der Waals surface area contributed by atoms with Crippen LogP contribution in [0, 0.1) is 23.7 Å². The summed E-state index contributed by atoms with van der Waals surface area (Å²) < 4.78 is 5.89. The number of likely N-dealkylation sites (N-methyl/N-ethyl adjacent to an activating group) is 1. The van der Waals surface area contributed by atoms with Gasteiger partial charge in [0.1, 0.15) is 0 Å². The summed E-state index contributed by atoms with van der Waals surface area (Å²) in [4.78, 5) is 54.8. The average Bonchev–Trinajstić information content (AvgIpc) is 3.87. The Labute approximate surface area is 378 Å². The van der Waals surface area contributed by atoms with Crippen molar-refractivity contribution in [2.24, 2.45) is 43.6 Å². The molecule has 62 heavy (non-hydrogen) atoms. The van der Waals surface area contributed by atoms with E-state index in [9.17, 15) is 30.0 Å². The second kappa shape index (κ2) is 22.0. The molecule has 8 bridgehead atoms. The first kappa shape index (κ1) is 51.6. The molecule has 0 saturated carbocycles. The number of carbonyl (C=O) groups excluding carboxylic acids is 3. The van der Waals surface area contributed by atoms with Crippen molar-refractivity contribution in [1.29, 1.82) is 0 Å². The smallest absolute Gasteiger partial charge is 0.875 e. The number of methoxy groups -OCH3 is 1. The van der Waals surface area contributed by atoms with Crippen LogP contribution in [0.15, 0.2) is 100 Å². The van der Waals surface area contributed by atoms with Gasteiger partial charge in [-0.25, -0.2) is 9.98 Å². The number of amides is 1. The Kier molecular flexibility index (Phi) is 18.3. The van der Waals surface area contributed by atoms with Crippen molar-refractivity contribution in [3.63, 3.8) is 0 Å². The first-order valence-electron chi connectivity index (χ1n) is 20.7. The SMILES string of the molecule is CC(=O)[O-].CC[C@H]1C2=CC3=NC(=C(CC(=O)OC)C4=NC(=CC5=C(C)/C(=C(/C)[O-])C(=N5)C=C(N2)[C@@H]1C)[C@@H](C)[C@@H]4CCC(=O)NCC[N+](C)(C)C)C(C([O-])=NCC(O)CO)=C3C.[Pd+2]. The van der Waals surface area contributed by atoms with E-state index in [2.05, 4.69) is 50.6 Å². The Morgan fingerprint density at radius 1 is 0.968 bits per heavy atom. The first-order valence-corrected chi connectivity index (χ1v) is 20.7. The number of rotatable bonds is 13. The van der Waals surface area contributed by atoms with Crippen LogP contribution in [-0.4, -0.2) is 116 Å². The number of carboxylic acid groups (broad SMARTS) is 1. The molecule has 16 nitrogen and oxygen atoms in total. The summed E-state index contributed by atoms with van der Waals surface area (Å²) in [5.41, 5.74) is 7.02. The van der Waals surface area contributed by atoms with Crippen LogP contribution in [0.3, 0.4) is 0 Å². The van der Waals surface area contributed by atoms with Crippen LogP contribution in [0.4, 0.5) is 0 Å². The standard InChI is InChI=1S/C43H59N7O7.C2H4O2.Pd/c1-11-28-22(2)31-19-36-39(26(6)52)24(4)33(47-36)17-32-23(3)29(12-13-37(54)44-14-15-50(7,8)9)41(48-32)30(16-38(55)57-10)42-40(43(56)45-20-27(53)21-51)25(5)34(49-42)18-35(28)46-31;1-2(3)4;/h17-19,22-23,27-29,51,53H,11-16,20-21H2,1-10H3,(H3-,44,45,46,47,48,49,52,54,56);1H3,(H,3,4);/q;;+2/p-2/t22-,23+,27?,28-,29+;;/m1../s1. The van der Waals surface area contributed by atoms with E-state index < -0.39 is 36.5 Å². The second-order valence-electron chi connectivity index (χ2n) is 17.0. The number of hydrogen-bond donors (Lipinski definition) is 4. The van der Waals surface area contributed by atoms with Gasteiger partial charge in [0.15, 0.2) is 0 Å². The number of allylic oxidation sites excluding steroid dienone is 10. The number of quaternary nitrogens is 1. The van der Waals surface area contributed by atoms with Gasteiger partial charge in [0.25, 0.3) is 0 Å². The molecule has 1 saturated heterocycles. The number of aliphatic hydroxyl groups excluding tert-OH is 2. The predicted octanol–water partition coefficient (Wildman–Crippen LogP) is 1.04. The minimum absolute atomic E-state index is 0. The zero-order valence-corrected chi connectivity index (χ0v) is 39.1. The predicted molar refractivity (Wildman–Crippen MR) is 228 cm³/mol. The fourth-order valence-corrected chi connectivity index (χ4v) is 7.99. The number of aliphatic hydroxyl groups is 2. The zero-order chi connectivity index (χ0) is 45.5. The van der Waals surface area contributed by atoms with E-state index in [1.54, 1.807) is 6.92 Å².